The molecular formula is C43H70N2Pd. The van der Waals surface area contributed by atoms with Crippen molar-refractivity contribution in [3.63, 3.8) is 0 Å². The van der Waals surface area contributed by atoms with Crippen molar-refractivity contribution in [3.05, 3.63) is 58.7 Å². The van der Waals surface area contributed by atoms with E-state index in [2.05, 4.69) is 71.0 Å². The van der Waals surface area contributed by atoms with E-state index in [4.69, 9.17) is 9.98 Å². The normalized spacial score (nSPS) is 11.8. The van der Waals surface area contributed by atoms with Crippen molar-refractivity contribution in [3.8, 4) is 0 Å². The number of unbranched alkanes of at least 4 members (excludes halogenated alkanes) is 18. The van der Waals surface area contributed by atoms with E-state index in [-0.39, 0.29) is 20.4 Å². The molecule has 0 bridgehead atoms. The van der Waals surface area contributed by atoms with Gasteiger partial charge in [0.05, 0.1) is 17.1 Å². The van der Waals surface area contributed by atoms with Gasteiger partial charge < -0.3 is 0 Å². The fraction of sp³-hybridized carbons (Fsp3) is 0.674. The van der Waals surface area contributed by atoms with Crippen LogP contribution in [0.2, 0.25) is 0 Å². The molecule has 0 aromatic heterocycles. The number of nitrogens with zero attached hydrogens (tertiary/aromatic N) is 2. The van der Waals surface area contributed by atoms with Crippen molar-refractivity contribution >= 4 is 23.3 Å². The predicted molar refractivity (Wildman–Crippen MR) is 204 cm³/mol. The Labute approximate surface area is 299 Å². The van der Waals surface area contributed by atoms with E-state index >= 15 is 0 Å². The largest absolute Gasteiger partial charge is 0.255 e. The van der Waals surface area contributed by atoms with E-state index < -0.39 is 0 Å². The summed E-state index contributed by atoms with van der Waals surface area (Å²) in [4.78, 5) is 10.1. The Morgan fingerprint density at radius 1 is 0.435 bits per heavy atom. The van der Waals surface area contributed by atoms with Crippen LogP contribution in [0, 0.1) is 0 Å². The Morgan fingerprint density at radius 2 is 0.761 bits per heavy atom. The Bertz CT molecular complexity index is 1040. The van der Waals surface area contributed by atoms with Gasteiger partial charge in [0.15, 0.2) is 0 Å². The van der Waals surface area contributed by atoms with Gasteiger partial charge in [0.25, 0.3) is 0 Å². The number of aryl methyl sites for hydroxylation is 4. The summed E-state index contributed by atoms with van der Waals surface area (Å²) in [5.41, 5.74) is 8.72. The van der Waals surface area contributed by atoms with Gasteiger partial charge in [0, 0.05) is 26.6 Å². The van der Waals surface area contributed by atoms with E-state index in [9.17, 15) is 0 Å². The van der Waals surface area contributed by atoms with Crippen LogP contribution in [0.4, 0.5) is 11.4 Å². The molecule has 2 nitrogen and oxygen atoms in total. The summed E-state index contributed by atoms with van der Waals surface area (Å²) in [6.07, 6.45) is 34.0. The molecule has 0 atom stereocenters. The summed E-state index contributed by atoms with van der Waals surface area (Å²) >= 11 is 0. The van der Waals surface area contributed by atoms with Crippen molar-refractivity contribution in [2.75, 3.05) is 0 Å². The first-order valence-corrected chi connectivity index (χ1v) is 19.5. The molecule has 0 saturated heterocycles. The number of benzene rings is 2. The third-order valence-electron chi connectivity index (χ3n) is 9.38. The molecule has 0 saturated carbocycles. The number of aliphatic imine (C=N–C) groups is 2. The standard InChI is InChI=1S/C43H70N2.Pd/c1-6-11-12-13-14-15-16-17-18-19-20-21-22-23-24-25-26-27-28-29-41(45-43-34-39(9-4)31-40(10-5)35-43)36-44-42-32-37(7-2)30-38(8-3)33-42;/h30-36H,6-29H2,1-5H3;/b44-36+,45-41+;. The van der Waals surface area contributed by atoms with Crippen molar-refractivity contribution in [1.82, 2.24) is 0 Å². The zero-order valence-corrected chi connectivity index (χ0v) is 32.3. The van der Waals surface area contributed by atoms with Gasteiger partial charge in [-0.1, -0.05) is 162 Å². The first-order chi connectivity index (χ1) is 22.1. The molecule has 0 fully saturated rings. The molecule has 0 spiro atoms. The van der Waals surface area contributed by atoms with Gasteiger partial charge in [-0.25, -0.2) is 0 Å². The van der Waals surface area contributed by atoms with E-state index in [1.165, 1.54) is 144 Å². The molecular weight excluding hydrogens is 651 g/mol. The Morgan fingerprint density at radius 3 is 1.11 bits per heavy atom. The topological polar surface area (TPSA) is 24.7 Å². The summed E-state index contributed by atoms with van der Waals surface area (Å²) < 4.78 is 0. The number of rotatable bonds is 27. The zero-order chi connectivity index (χ0) is 32.4. The third kappa shape index (κ3) is 20.0. The molecule has 0 radical (unpaired) electrons. The van der Waals surface area contributed by atoms with E-state index in [1.807, 2.05) is 6.21 Å². The van der Waals surface area contributed by atoms with Gasteiger partial charge in [0.2, 0.25) is 0 Å². The van der Waals surface area contributed by atoms with Crippen LogP contribution in [0.1, 0.15) is 185 Å². The summed E-state index contributed by atoms with van der Waals surface area (Å²) in [7, 11) is 0. The van der Waals surface area contributed by atoms with Crippen molar-refractivity contribution in [2.24, 2.45) is 9.98 Å². The van der Waals surface area contributed by atoms with Gasteiger partial charge in [0.1, 0.15) is 0 Å². The zero-order valence-electron chi connectivity index (χ0n) is 30.7. The molecule has 0 N–H and O–H groups in total. The van der Waals surface area contributed by atoms with E-state index in [1.54, 1.807) is 0 Å². The van der Waals surface area contributed by atoms with Crippen LogP contribution in [-0.2, 0) is 46.1 Å². The maximum atomic E-state index is 5.16. The SMILES string of the molecule is CCCCCCCCCCCCCCCCCCCCCC(/C=N/c1cc(CC)cc(CC)c1)=N\c1cc(CC)cc(CC)c1.[Pd]. The second kappa shape index (κ2) is 28.5. The average Bonchev–Trinajstić information content (AvgIpc) is 3.07. The van der Waals surface area contributed by atoms with Crippen LogP contribution in [0.25, 0.3) is 0 Å². The quantitative estimate of drug-likeness (QED) is 0.0499. The van der Waals surface area contributed by atoms with E-state index in [0.717, 1.165) is 49.2 Å². The van der Waals surface area contributed by atoms with Crippen LogP contribution in [0.5, 0.6) is 0 Å². The Kier molecular flexibility index (Phi) is 26.3. The molecule has 0 aliphatic rings. The van der Waals surface area contributed by atoms with Gasteiger partial charge in [-0.05, 0) is 85.0 Å². The molecule has 2 rings (SSSR count). The number of hydrogen-bond acceptors (Lipinski definition) is 2. The first-order valence-electron chi connectivity index (χ1n) is 19.5. The van der Waals surface area contributed by atoms with Gasteiger partial charge in [-0.3, -0.25) is 9.98 Å². The smallest absolute Gasteiger partial charge is 0.0639 e. The number of hydrogen-bond donors (Lipinski definition) is 0. The van der Waals surface area contributed by atoms with Crippen molar-refractivity contribution in [1.29, 1.82) is 0 Å². The summed E-state index contributed by atoms with van der Waals surface area (Å²) in [6.45, 7) is 11.2. The maximum absolute atomic E-state index is 5.16. The Hall–Kier alpha value is -1.56. The summed E-state index contributed by atoms with van der Waals surface area (Å²) in [5, 5.41) is 0. The fourth-order valence-electron chi connectivity index (χ4n) is 6.29. The average molecular weight is 721 g/mol. The fourth-order valence-corrected chi connectivity index (χ4v) is 6.29. The van der Waals surface area contributed by atoms with Crippen LogP contribution in [0.15, 0.2) is 46.4 Å². The molecule has 0 amide bonds. The summed E-state index contributed by atoms with van der Waals surface area (Å²) in [6, 6.07) is 13.6. The molecule has 0 aliphatic heterocycles. The molecule has 3 heteroatoms. The second-order valence-corrected chi connectivity index (χ2v) is 13.4. The van der Waals surface area contributed by atoms with Gasteiger partial charge in [-0.2, -0.15) is 0 Å². The molecule has 2 aromatic rings. The minimum atomic E-state index is 0. The van der Waals surface area contributed by atoms with Crippen LogP contribution < -0.4 is 0 Å². The van der Waals surface area contributed by atoms with Crippen LogP contribution >= 0.6 is 0 Å². The predicted octanol–water partition coefficient (Wildman–Crippen LogP) is 14.2. The van der Waals surface area contributed by atoms with E-state index in [0.29, 0.717) is 0 Å². The molecule has 0 unspecified atom stereocenters. The Balaban J connectivity index is 0.0000106. The molecule has 46 heavy (non-hydrogen) atoms. The minimum Gasteiger partial charge on any atom is -0.255 e. The summed E-state index contributed by atoms with van der Waals surface area (Å²) in [5.74, 6) is 0. The first kappa shape index (κ1) is 42.5. The van der Waals surface area contributed by atoms with Crippen LogP contribution in [-0.4, -0.2) is 11.9 Å². The molecule has 0 heterocycles. The minimum absolute atomic E-state index is 0. The van der Waals surface area contributed by atoms with Gasteiger partial charge in [-0.15, -0.1) is 0 Å². The molecule has 2 aromatic carbocycles. The maximum Gasteiger partial charge on any atom is 0.0639 e. The van der Waals surface area contributed by atoms with Crippen LogP contribution in [0.3, 0.4) is 0 Å². The van der Waals surface area contributed by atoms with Gasteiger partial charge >= 0.3 is 0 Å². The molecule has 262 valence electrons. The second-order valence-electron chi connectivity index (χ2n) is 13.4. The third-order valence-corrected chi connectivity index (χ3v) is 9.38. The van der Waals surface area contributed by atoms with Crippen molar-refractivity contribution < 1.29 is 20.4 Å². The van der Waals surface area contributed by atoms with Crippen molar-refractivity contribution in [2.45, 2.75) is 189 Å². The monoisotopic (exact) mass is 720 g/mol. The molecule has 0 aliphatic carbocycles.